The summed E-state index contributed by atoms with van der Waals surface area (Å²) in [7, 11) is -15.9. The molecule has 0 aromatic heterocycles. The van der Waals surface area contributed by atoms with Crippen molar-refractivity contribution in [2.45, 2.75) is 130 Å². The first-order valence-corrected chi connectivity index (χ1v) is 21.9. The van der Waals surface area contributed by atoms with Gasteiger partial charge in [0.05, 0.1) is 26.4 Å². The van der Waals surface area contributed by atoms with E-state index < -0.39 is 179 Å². The molecule has 352 valence electrons. The Bertz CT molecular complexity index is 1550. The maximum atomic E-state index is 11.8. The molecule has 0 spiro atoms. The van der Waals surface area contributed by atoms with Gasteiger partial charge in [0.2, 0.25) is 5.91 Å². The van der Waals surface area contributed by atoms with Gasteiger partial charge in [-0.25, -0.2) is 13.7 Å². The molecular weight excluding hydrogens is 899 g/mol. The Balaban J connectivity index is 1.73. The summed E-state index contributed by atoms with van der Waals surface area (Å²) in [6.45, 7) is -3.60. The van der Waals surface area contributed by atoms with Crippen LogP contribution in [0.4, 0.5) is 0 Å². The lowest BCUT2D eigenvalue weighted by Crippen LogP contribution is -2.69. The lowest BCUT2D eigenvalue weighted by atomic mass is 9.95. The Labute approximate surface area is 336 Å². The minimum absolute atomic E-state index is 0.806. The molecule has 1 unspecified atom stereocenters. The van der Waals surface area contributed by atoms with Gasteiger partial charge in [0.1, 0.15) is 97.6 Å². The number of ether oxygens (including phenoxy) is 7. The second-order valence-corrected chi connectivity index (χ2v) is 17.4. The van der Waals surface area contributed by atoms with Crippen LogP contribution >= 0.6 is 23.5 Å². The topological polar surface area (TPSA) is 496 Å². The zero-order valence-electron chi connectivity index (χ0n) is 30.6. The summed E-state index contributed by atoms with van der Waals surface area (Å²) in [5.41, 5.74) is 0. The summed E-state index contributed by atoms with van der Waals surface area (Å²) in [6, 6.07) is -1.68. The second-order valence-electron chi connectivity index (χ2n) is 13.7. The number of aliphatic hydroxyl groups is 10. The van der Waals surface area contributed by atoms with Crippen molar-refractivity contribution in [1.29, 1.82) is 0 Å². The number of carbonyl (C=O) groups excluding carboxylic acids is 1. The zero-order chi connectivity index (χ0) is 45.2. The number of amides is 1. The third-order valence-electron chi connectivity index (χ3n) is 9.29. The summed E-state index contributed by atoms with van der Waals surface area (Å²) in [5, 5.41) is 110. The van der Waals surface area contributed by atoms with Crippen molar-refractivity contribution in [1.82, 2.24) is 5.32 Å². The van der Waals surface area contributed by atoms with E-state index in [-0.39, 0.29) is 0 Å². The van der Waals surface area contributed by atoms with Crippen LogP contribution in [0.25, 0.3) is 0 Å². The number of hydrogen-bond donors (Lipinski definition) is 17. The quantitative estimate of drug-likeness (QED) is 0.0602. The fourth-order valence-electron chi connectivity index (χ4n) is 6.38. The highest BCUT2D eigenvalue weighted by molar-refractivity contribution is 7.46. The monoisotopic (exact) mass is 947 g/mol. The molecule has 4 saturated heterocycles. The first kappa shape index (κ1) is 51.8. The lowest BCUT2D eigenvalue weighted by molar-refractivity contribution is -0.400. The van der Waals surface area contributed by atoms with E-state index >= 15 is 0 Å². The predicted octanol–water partition coefficient (Wildman–Crippen LogP) is -9.25. The maximum absolute atomic E-state index is 11.8. The first-order chi connectivity index (χ1) is 27.6. The minimum atomic E-state index is -5.33. The third kappa shape index (κ3) is 13.6. The van der Waals surface area contributed by atoms with Gasteiger partial charge in [0.25, 0.3) is 0 Å². The molecule has 60 heavy (non-hydrogen) atoms. The van der Waals surface area contributed by atoms with Gasteiger partial charge in [0.15, 0.2) is 25.2 Å². The second kappa shape index (κ2) is 21.0. The average molecular weight is 948 g/mol. The number of nitrogens with one attached hydrogen (secondary N) is 1. The van der Waals surface area contributed by atoms with Crippen molar-refractivity contribution in [3.63, 3.8) is 0 Å². The van der Waals surface area contributed by atoms with Gasteiger partial charge in [-0.1, -0.05) is 0 Å². The van der Waals surface area contributed by atoms with Crippen molar-refractivity contribution in [3.8, 4) is 0 Å². The molecule has 17 N–H and O–H groups in total. The Kier molecular flexibility index (Phi) is 18.1. The maximum Gasteiger partial charge on any atom is 0.469 e. The van der Waals surface area contributed by atoms with E-state index in [0.717, 1.165) is 6.92 Å². The van der Waals surface area contributed by atoms with E-state index in [1.54, 1.807) is 0 Å². The number of phosphoric ester groups is 3. The predicted molar refractivity (Wildman–Crippen MR) is 178 cm³/mol. The van der Waals surface area contributed by atoms with Crippen LogP contribution in [0.2, 0.25) is 0 Å². The highest BCUT2D eigenvalue weighted by atomic mass is 31.2. The van der Waals surface area contributed by atoms with E-state index in [0.29, 0.717) is 0 Å². The van der Waals surface area contributed by atoms with Crippen LogP contribution in [-0.4, -0.2) is 236 Å². The SMILES string of the molecule is CC(=O)N[C@H]1C(O)O[C@H](CO)[C@@H](O[C@H]2O[C@H](COP(=O)(O)O)[C@@H](O)[C@H](O)[C@@H]2O[C@H]2O[C@H](COP(=O)(O)O)[C@@H](O)[C@H](O)[C@@H]2O[C@H]2O[C@H](COP(=O)(O)O)[C@@H](O)[C@H](O)[C@@H]2O)[C@@H]1O. The number of phosphoric acid groups is 3. The molecule has 1 amide bonds. The summed E-state index contributed by atoms with van der Waals surface area (Å²) in [4.78, 5) is 67.0. The molecule has 0 radical (unpaired) electrons. The van der Waals surface area contributed by atoms with Gasteiger partial charge in [-0.05, 0) is 0 Å². The molecule has 4 aliphatic rings. The molecule has 0 bridgehead atoms. The Morgan fingerprint density at radius 1 is 0.500 bits per heavy atom. The molecular formula is C26H48NO30P3. The van der Waals surface area contributed by atoms with Gasteiger partial charge in [0, 0.05) is 6.92 Å². The van der Waals surface area contributed by atoms with Crippen LogP contribution in [0.15, 0.2) is 0 Å². The Hall–Kier alpha value is -0.880. The summed E-state index contributed by atoms with van der Waals surface area (Å²) < 4.78 is 86.2. The van der Waals surface area contributed by atoms with E-state index in [1.807, 2.05) is 0 Å². The van der Waals surface area contributed by atoms with Crippen LogP contribution in [0.1, 0.15) is 6.92 Å². The standard InChI is InChI=1S/C26H48NO30P3/c1-6(29)27-11-15(33)20(7(2-28)51-23(11)38)55-25-22(18(36)14(32)9(53-25)4-49-59(42,43)44)57-26-21(17(35)13(31)10(54-26)5-50-60(45,46)47)56-24-19(37)16(34)12(30)8(52-24)3-48-58(39,40)41/h7-26,28,30-38H,2-5H2,1H3,(H,27,29)(H2,39,40,41)(H2,42,43,44)(H2,45,46,47)/t7-,8-,9-,10-,11-,12-,13-,14-,15-,16+,17+,18+,19+,20-,21+,22+,23?,24-,25-,26-/m1/s1. The van der Waals surface area contributed by atoms with Crippen molar-refractivity contribution < 1.29 is 146 Å². The van der Waals surface area contributed by atoms with E-state index in [2.05, 4.69) is 18.9 Å². The third-order valence-corrected chi connectivity index (χ3v) is 10.8. The molecule has 4 rings (SSSR count). The summed E-state index contributed by atoms with van der Waals surface area (Å²) in [6.07, 6.45) is -40.9. The fraction of sp³-hybridized carbons (Fsp3) is 0.962. The average Bonchev–Trinajstić information content (AvgIpc) is 3.13. The molecule has 31 nitrogen and oxygen atoms in total. The number of rotatable bonds is 17. The van der Waals surface area contributed by atoms with E-state index in [1.165, 1.54) is 0 Å². The molecule has 0 aliphatic carbocycles. The number of hydrogen-bond acceptors (Lipinski definition) is 24. The molecule has 34 heteroatoms. The summed E-state index contributed by atoms with van der Waals surface area (Å²) >= 11 is 0. The lowest BCUT2D eigenvalue weighted by Gasteiger charge is -2.50. The van der Waals surface area contributed by atoms with Crippen LogP contribution < -0.4 is 5.32 Å². The highest BCUT2D eigenvalue weighted by Gasteiger charge is 2.56. The van der Waals surface area contributed by atoms with Crippen molar-refractivity contribution in [3.05, 3.63) is 0 Å². The molecule has 0 saturated carbocycles. The van der Waals surface area contributed by atoms with Gasteiger partial charge in [-0.2, -0.15) is 0 Å². The molecule has 0 aromatic carbocycles. The first-order valence-electron chi connectivity index (χ1n) is 17.3. The smallest absolute Gasteiger partial charge is 0.394 e. The van der Waals surface area contributed by atoms with Gasteiger partial charge in [-0.15, -0.1) is 0 Å². The minimum Gasteiger partial charge on any atom is -0.394 e. The van der Waals surface area contributed by atoms with E-state index in [4.69, 9.17) is 42.9 Å². The van der Waals surface area contributed by atoms with Crippen LogP contribution in [0.5, 0.6) is 0 Å². The van der Waals surface area contributed by atoms with Gasteiger partial charge in [-0.3, -0.25) is 18.4 Å². The van der Waals surface area contributed by atoms with Gasteiger partial charge >= 0.3 is 23.5 Å². The van der Waals surface area contributed by atoms with Crippen LogP contribution in [0, 0.1) is 0 Å². The summed E-state index contributed by atoms with van der Waals surface area (Å²) in [5.74, 6) is -0.806. The van der Waals surface area contributed by atoms with E-state index in [9.17, 15) is 89.1 Å². The molecule has 4 fully saturated rings. The Morgan fingerprint density at radius 3 is 1.25 bits per heavy atom. The van der Waals surface area contributed by atoms with Crippen molar-refractivity contribution in [2.24, 2.45) is 0 Å². The molecule has 4 aliphatic heterocycles. The van der Waals surface area contributed by atoms with Crippen LogP contribution in [-0.2, 0) is 65.2 Å². The van der Waals surface area contributed by atoms with Crippen molar-refractivity contribution >= 4 is 29.4 Å². The normalized spacial score (nSPS) is 43.4. The molecule has 4 heterocycles. The number of aliphatic hydroxyl groups excluding tert-OH is 10. The zero-order valence-corrected chi connectivity index (χ0v) is 33.3. The Morgan fingerprint density at radius 2 is 0.867 bits per heavy atom. The van der Waals surface area contributed by atoms with Crippen LogP contribution in [0.3, 0.4) is 0 Å². The molecule has 20 atom stereocenters. The van der Waals surface area contributed by atoms with Gasteiger partial charge < -0.3 is 119 Å². The van der Waals surface area contributed by atoms with Crippen molar-refractivity contribution in [2.75, 3.05) is 26.4 Å². The highest BCUT2D eigenvalue weighted by Crippen LogP contribution is 2.41. The fourth-order valence-corrected chi connectivity index (χ4v) is 7.40. The largest absolute Gasteiger partial charge is 0.469 e. The molecule has 0 aromatic rings. The number of carbonyl (C=O) groups is 1.